The highest BCUT2D eigenvalue weighted by molar-refractivity contribution is 6.41. The van der Waals surface area contributed by atoms with Crippen molar-refractivity contribution in [2.24, 2.45) is 5.92 Å². The van der Waals surface area contributed by atoms with E-state index in [2.05, 4.69) is 10.6 Å². The third-order valence-electron chi connectivity index (χ3n) is 3.43. The fourth-order valence-electron chi connectivity index (χ4n) is 1.46. The molecule has 0 aromatic heterocycles. The number of aryl methyl sites for hydroxylation is 1. The number of hydrogen-bond acceptors (Lipinski definition) is 3. The molecule has 1 aromatic carbocycles. The third-order valence-corrected chi connectivity index (χ3v) is 3.76. The highest BCUT2D eigenvalue weighted by atomic mass is 35.5. The molecule has 1 aromatic rings. The second-order valence-corrected chi connectivity index (χ2v) is 6.04. The van der Waals surface area contributed by atoms with E-state index in [4.69, 9.17) is 11.6 Å². The Morgan fingerprint density at radius 3 is 2.52 bits per heavy atom. The molecule has 1 unspecified atom stereocenters. The Morgan fingerprint density at radius 2 is 1.95 bits per heavy atom. The molecule has 0 bridgehead atoms. The lowest BCUT2D eigenvalue weighted by molar-refractivity contribution is -0.137. The number of anilines is 1. The summed E-state index contributed by atoms with van der Waals surface area (Å²) >= 11 is 5.95. The lowest BCUT2D eigenvalue weighted by Crippen LogP contribution is -2.47. The van der Waals surface area contributed by atoms with Crippen LogP contribution in [0.3, 0.4) is 0 Å². The zero-order chi connectivity index (χ0) is 16.2. The van der Waals surface area contributed by atoms with Gasteiger partial charge in [-0.05, 0) is 37.5 Å². The van der Waals surface area contributed by atoms with Gasteiger partial charge in [0.15, 0.2) is 0 Å². The normalized spacial score (nSPS) is 13.7. The van der Waals surface area contributed by atoms with E-state index in [-0.39, 0.29) is 12.5 Å². The number of carbonyl (C=O) groups excluding carboxylic acids is 2. The van der Waals surface area contributed by atoms with Gasteiger partial charge in [0.2, 0.25) is 0 Å². The molecule has 0 saturated heterocycles. The Kier molecular flexibility index (Phi) is 5.75. The van der Waals surface area contributed by atoms with Crippen molar-refractivity contribution in [3.05, 3.63) is 28.8 Å². The maximum atomic E-state index is 11.8. The Labute approximate surface area is 129 Å². The lowest BCUT2D eigenvalue weighted by Gasteiger charge is -2.27. The molecule has 1 atom stereocenters. The maximum Gasteiger partial charge on any atom is 0.313 e. The monoisotopic (exact) mass is 312 g/mol. The van der Waals surface area contributed by atoms with E-state index in [1.54, 1.807) is 25.1 Å². The van der Waals surface area contributed by atoms with Crippen LogP contribution in [0.1, 0.15) is 26.3 Å². The SMILES string of the molecule is Cc1ccc(Cl)c(NC(=O)C(=O)NCC(C)(O)C(C)C)c1. The molecule has 0 fully saturated rings. The van der Waals surface area contributed by atoms with Crippen molar-refractivity contribution in [3.63, 3.8) is 0 Å². The average Bonchev–Trinajstić information content (AvgIpc) is 2.40. The molecule has 1 rings (SSSR count). The topological polar surface area (TPSA) is 78.4 Å². The van der Waals surface area contributed by atoms with Crippen molar-refractivity contribution in [3.8, 4) is 0 Å². The quantitative estimate of drug-likeness (QED) is 0.745. The number of aliphatic hydroxyl groups is 1. The fourth-order valence-corrected chi connectivity index (χ4v) is 1.62. The Bertz CT molecular complexity index is 542. The summed E-state index contributed by atoms with van der Waals surface area (Å²) in [6.07, 6.45) is 0. The van der Waals surface area contributed by atoms with E-state index in [0.29, 0.717) is 10.7 Å². The van der Waals surface area contributed by atoms with Gasteiger partial charge in [0, 0.05) is 6.54 Å². The van der Waals surface area contributed by atoms with Crippen molar-refractivity contribution in [1.29, 1.82) is 0 Å². The largest absolute Gasteiger partial charge is 0.388 e. The van der Waals surface area contributed by atoms with Crippen molar-refractivity contribution < 1.29 is 14.7 Å². The summed E-state index contributed by atoms with van der Waals surface area (Å²) in [7, 11) is 0. The van der Waals surface area contributed by atoms with Crippen LogP contribution < -0.4 is 10.6 Å². The molecular formula is C15H21ClN2O3. The second-order valence-electron chi connectivity index (χ2n) is 5.63. The second kappa shape index (κ2) is 6.91. The molecule has 6 heteroatoms. The molecule has 0 aliphatic rings. The third kappa shape index (κ3) is 5.02. The maximum absolute atomic E-state index is 11.8. The minimum absolute atomic E-state index is 0.00152. The molecule has 21 heavy (non-hydrogen) atoms. The minimum atomic E-state index is -1.07. The van der Waals surface area contributed by atoms with Crippen LogP contribution in [0.5, 0.6) is 0 Å². The molecule has 2 amide bonds. The number of halogens is 1. The number of benzene rings is 1. The van der Waals surface area contributed by atoms with Gasteiger partial charge in [0.25, 0.3) is 0 Å². The summed E-state index contributed by atoms with van der Waals surface area (Å²) in [5, 5.41) is 15.2. The summed E-state index contributed by atoms with van der Waals surface area (Å²) in [6, 6.07) is 5.13. The first-order valence-corrected chi connectivity index (χ1v) is 7.09. The van der Waals surface area contributed by atoms with Gasteiger partial charge < -0.3 is 15.7 Å². The highest BCUT2D eigenvalue weighted by Crippen LogP contribution is 2.22. The molecule has 0 heterocycles. The van der Waals surface area contributed by atoms with Crippen LogP contribution in [0.15, 0.2) is 18.2 Å². The van der Waals surface area contributed by atoms with Gasteiger partial charge in [-0.25, -0.2) is 0 Å². The van der Waals surface area contributed by atoms with E-state index < -0.39 is 17.4 Å². The number of nitrogens with one attached hydrogen (secondary N) is 2. The van der Waals surface area contributed by atoms with Gasteiger partial charge in [-0.3, -0.25) is 9.59 Å². The first-order chi connectivity index (χ1) is 9.63. The first kappa shape index (κ1) is 17.5. The predicted molar refractivity (Wildman–Crippen MR) is 83.3 cm³/mol. The molecule has 0 spiro atoms. The summed E-state index contributed by atoms with van der Waals surface area (Å²) < 4.78 is 0. The molecule has 0 saturated carbocycles. The van der Waals surface area contributed by atoms with Crippen molar-refractivity contribution in [2.75, 3.05) is 11.9 Å². The summed E-state index contributed by atoms with van der Waals surface area (Å²) in [5.41, 5.74) is 0.224. The van der Waals surface area contributed by atoms with Crippen LogP contribution in [-0.2, 0) is 9.59 Å². The number of amides is 2. The Balaban J connectivity index is 2.64. The van der Waals surface area contributed by atoms with Crippen LogP contribution in [0.2, 0.25) is 5.02 Å². The van der Waals surface area contributed by atoms with Gasteiger partial charge in [-0.1, -0.05) is 31.5 Å². The van der Waals surface area contributed by atoms with Crippen LogP contribution in [-0.4, -0.2) is 29.1 Å². The zero-order valence-electron chi connectivity index (χ0n) is 12.7. The molecule has 116 valence electrons. The molecule has 0 aliphatic heterocycles. The highest BCUT2D eigenvalue weighted by Gasteiger charge is 2.26. The Morgan fingerprint density at radius 1 is 1.33 bits per heavy atom. The van der Waals surface area contributed by atoms with Crippen LogP contribution in [0, 0.1) is 12.8 Å². The number of carbonyl (C=O) groups is 2. The van der Waals surface area contributed by atoms with Gasteiger partial charge in [-0.15, -0.1) is 0 Å². The van der Waals surface area contributed by atoms with Gasteiger partial charge in [-0.2, -0.15) is 0 Å². The van der Waals surface area contributed by atoms with Crippen molar-refractivity contribution in [1.82, 2.24) is 5.32 Å². The van der Waals surface area contributed by atoms with Gasteiger partial charge >= 0.3 is 11.8 Å². The van der Waals surface area contributed by atoms with Gasteiger partial charge in [0.1, 0.15) is 0 Å². The van der Waals surface area contributed by atoms with E-state index in [9.17, 15) is 14.7 Å². The minimum Gasteiger partial charge on any atom is -0.388 e. The van der Waals surface area contributed by atoms with E-state index >= 15 is 0 Å². The summed E-state index contributed by atoms with van der Waals surface area (Å²) in [5.74, 6) is -1.68. The zero-order valence-corrected chi connectivity index (χ0v) is 13.4. The van der Waals surface area contributed by atoms with E-state index in [1.165, 1.54) is 0 Å². The van der Waals surface area contributed by atoms with E-state index in [0.717, 1.165) is 5.56 Å². The first-order valence-electron chi connectivity index (χ1n) is 6.71. The molecule has 5 nitrogen and oxygen atoms in total. The molecular weight excluding hydrogens is 292 g/mol. The summed E-state index contributed by atoms with van der Waals surface area (Å²) in [6.45, 7) is 7.12. The van der Waals surface area contributed by atoms with E-state index in [1.807, 2.05) is 20.8 Å². The average molecular weight is 313 g/mol. The Hall–Kier alpha value is -1.59. The summed E-state index contributed by atoms with van der Waals surface area (Å²) in [4.78, 5) is 23.5. The molecule has 3 N–H and O–H groups in total. The fraction of sp³-hybridized carbons (Fsp3) is 0.467. The van der Waals surface area contributed by atoms with Crippen molar-refractivity contribution >= 4 is 29.1 Å². The van der Waals surface area contributed by atoms with Crippen LogP contribution in [0.4, 0.5) is 5.69 Å². The standard InChI is InChI=1S/C15H21ClN2O3/c1-9(2)15(4,21)8-17-13(19)14(20)18-12-7-10(3)5-6-11(12)16/h5-7,9,21H,8H2,1-4H3,(H,17,19)(H,18,20). The molecule has 0 aliphatic carbocycles. The number of rotatable bonds is 4. The smallest absolute Gasteiger partial charge is 0.313 e. The van der Waals surface area contributed by atoms with Crippen molar-refractivity contribution in [2.45, 2.75) is 33.3 Å². The number of hydrogen-bond donors (Lipinski definition) is 3. The lowest BCUT2D eigenvalue weighted by atomic mass is 9.92. The van der Waals surface area contributed by atoms with Crippen LogP contribution >= 0.6 is 11.6 Å². The van der Waals surface area contributed by atoms with Gasteiger partial charge in [0.05, 0.1) is 16.3 Å². The van der Waals surface area contributed by atoms with Crippen LogP contribution in [0.25, 0.3) is 0 Å². The molecule has 0 radical (unpaired) electrons. The predicted octanol–water partition coefficient (Wildman–Crippen LogP) is 2.11.